The van der Waals surface area contributed by atoms with E-state index in [2.05, 4.69) is 10.3 Å². The van der Waals surface area contributed by atoms with Gasteiger partial charge in [0.1, 0.15) is 22.1 Å². The largest absolute Gasteiger partial charge is 0.497 e. The molecule has 7 nitrogen and oxygen atoms in total. The summed E-state index contributed by atoms with van der Waals surface area (Å²) in [5, 5.41) is 5.59. The van der Waals surface area contributed by atoms with E-state index in [0.717, 1.165) is 16.3 Å². The number of hydrogen-bond donors (Lipinski definition) is 1. The standard InChI is InChI=1S/C21H27N3O4S/c1-21(2,3)28-20(26)24-11-9-15(10-12-24)22-18(25)17-13-29-19(23-17)14-5-7-16(27-4)8-6-14/h5-8,13,15H,9-12H2,1-4H3,(H,22,25). The number of rotatable bonds is 4. The van der Waals surface area contributed by atoms with Gasteiger partial charge >= 0.3 is 6.09 Å². The second-order valence-corrected chi connectivity index (χ2v) is 8.84. The summed E-state index contributed by atoms with van der Waals surface area (Å²) in [6.07, 6.45) is 1.09. The first-order valence-corrected chi connectivity index (χ1v) is 10.5. The van der Waals surface area contributed by atoms with Crippen LogP contribution in [0.2, 0.25) is 0 Å². The number of aromatic nitrogens is 1. The minimum Gasteiger partial charge on any atom is -0.497 e. The molecule has 1 aliphatic rings. The summed E-state index contributed by atoms with van der Waals surface area (Å²) >= 11 is 1.43. The average Bonchev–Trinajstić information content (AvgIpc) is 3.17. The van der Waals surface area contributed by atoms with Crippen LogP contribution < -0.4 is 10.1 Å². The van der Waals surface area contributed by atoms with Crippen molar-refractivity contribution in [1.82, 2.24) is 15.2 Å². The third-order valence-corrected chi connectivity index (χ3v) is 5.45. The molecule has 1 aromatic heterocycles. The molecule has 0 unspecified atom stereocenters. The molecule has 0 spiro atoms. The molecule has 2 aromatic rings. The molecule has 1 N–H and O–H groups in total. The zero-order valence-corrected chi connectivity index (χ0v) is 18.0. The smallest absolute Gasteiger partial charge is 0.410 e. The molecule has 29 heavy (non-hydrogen) atoms. The zero-order chi connectivity index (χ0) is 21.0. The monoisotopic (exact) mass is 417 g/mol. The molecule has 2 amide bonds. The third kappa shape index (κ3) is 5.69. The first-order valence-electron chi connectivity index (χ1n) is 9.64. The van der Waals surface area contributed by atoms with E-state index >= 15 is 0 Å². The Bertz CT molecular complexity index is 850. The predicted molar refractivity (Wildman–Crippen MR) is 112 cm³/mol. The second kappa shape index (κ2) is 8.82. The lowest BCUT2D eigenvalue weighted by atomic mass is 10.1. The minimum absolute atomic E-state index is 0.0207. The molecule has 0 radical (unpaired) electrons. The van der Waals surface area contributed by atoms with Crippen molar-refractivity contribution < 1.29 is 19.1 Å². The Balaban J connectivity index is 1.52. The van der Waals surface area contributed by atoms with Crippen molar-refractivity contribution >= 4 is 23.3 Å². The highest BCUT2D eigenvalue weighted by atomic mass is 32.1. The van der Waals surface area contributed by atoms with Gasteiger partial charge in [0.15, 0.2) is 0 Å². The van der Waals surface area contributed by atoms with Gasteiger partial charge in [-0.25, -0.2) is 9.78 Å². The van der Waals surface area contributed by atoms with Crippen LogP contribution in [0.5, 0.6) is 5.75 Å². The molecular formula is C21H27N3O4S. The molecule has 0 aliphatic carbocycles. The first kappa shape index (κ1) is 21.1. The molecule has 1 aromatic carbocycles. The number of methoxy groups -OCH3 is 1. The normalized spacial score (nSPS) is 15.1. The van der Waals surface area contributed by atoms with Crippen LogP contribution in [0.1, 0.15) is 44.1 Å². The molecule has 0 bridgehead atoms. The van der Waals surface area contributed by atoms with Gasteiger partial charge < -0.3 is 19.7 Å². The number of amides is 2. The van der Waals surface area contributed by atoms with Crippen LogP contribution in [0.15, 0.2) is 29.6 Å². The van der Waals surface area contributed by atoms with Crippen LogP contribution in [0.3, 0.4) is 0 Å². The number of carbonyl (C=O) groups excluding carboxylic acids is 2. The summed E-state index contributed by atoms with van der Waals surface area (Å²) in [6, 6.07) is 7.61. The van der Waals surface area contributed by atoms with Crippen molar-refractivity contribution in [3.63, 3.8) is 0 Å². The number of nitrogens with zero attached hydrogens (tertiary/aromatic N) is 2. The van der Waals surface area contributed by atoms with Gasteiger partial charge in [-0.2, -0.15) is 0 Å². The van der Waals surface area contributed by atoms with Crippen molar-refractivity contribution in [3.8, 4) is 16.3 Å². The molecule has 2 heterocycles. The number of benzene rings is 1. The molecule has 0 atom stereocenters. The minimum atomic E-state index is -0.506. The lowest BCUT2D eigenvalue weighted by Crippen LogP contribution is -2.47. The van der Waals surface area contributed by atoms with Crippen LogP contribution in [0.4, 0.5) is 4.79 Å². The van der Waals surface area contributed by atoms with Gasteiger partial charge in [-0.3, -0.25) is 4.79 Å². The molecule has 3 rings (SSSR count). The number of ether oxygens (including phenoxy) is 2. The third-order valence-electron chi connectivity index (χ3n) is 4.56. The van der Waals surface area contributed by atoms with Crippen LogP contribution in [0.25, 0.3) is 10.6 Å². The Morgan fingerprint density at radius 1 is 1.17 bits per heavy atom. The van der Waals surface area contributed by atoms with Crippen molar-refractivity contribution in [3.05, 3.63) is 35.3 Å². The van der Waals surface area contributed by atoms with Crippen molar-refractivity contribution in [2.45, 2.75) is 45.3 Å². The molecule has 1 fully saturated rings. The maximum absolute atomic E-state index is 12.6. The van der Waals surface area contributed by atoms with E-state index in [-0.39, 0.29) is 18.0 Å². The van der Waals surface area contributed by atoms with E-state index in [1.54, 1.807) is 17.4 Å². The molecule has 1 aliphatic heterocycles. The highest BCUT2D eigenvalue weighted by molar-refractivity contribution is 7.13. The Morgan fingerprint density at radius 2 is 1.83 bits per heavy atom. The van der Waals surface area contributed by atoms with E-state index in [0.29, 0.717) is 31.6 Å². The van der Waals surface area contributed by atoms with Crippen LogP contribution >= 0.6 is 11.3 Å². The second-order valence-electron chi connectivity index (χ2n) is 7.98. The van der Waals surface area contributed by atoms with Gasteiger partial charge in [-0.1, -0.05) is 0 Å². The van der Waals surface area contributed by atoms with E-state index in [4.69, 9.17) is 9.47 Å². The van der Waals surface area contributed by atoms with Gasteiger partial charge in [0.2, 0.25) is 0 Å². The fourth-order valence-corrected chi connectivity index (χ4v) is 3.84. The van der Waals surface area contributed by atoms with Gasteiger partial charge in [-0.05, 0) is 57.9 Å². The summed E-state index contributed by atoms with van der Waals surface area (Å²) < 4.78 is 10.6. The molecule has 8 heteroatoms. The van der Waals surface area contributed by atoms with Crippen LogP contribution in [0, 0.1) is 0 Å². The maximum Gasteiger partial charge on any atom is 0.410 e. The fraction of sp³-hybridized carbons (Fsp3) is 0.476. The highest BCUT2D eigenvalue weighted by Crippen LogP contribution is 2.26. The number of nitrogens with one attached hydrogen (secondary N) is 1. The summed E-state index contributed by atoms with van der Waals surface area (Å²) in [4.78, 5) is 30.9. The maximum atomic E-state index is 12.6. The summed E-state index contributed by atoms with van der Waals surface area (Å²) in [5.41, 5.74) is 0.852. The molecule has 1 saturated heterocycles. The number of likely N-dealkylation sites (tertiary alicyclic amines) is 1. The van der Waals surface area contributed by atoms with Gasteiger partial charge in [0.05, 0.1) is 7.11 Å². The van der Waals surface area contributed by atoms with Crippen molar-refractivity contribution in [2.24, 2.45) is 0 Å². The number of piperidine rings is 1. The van der Waals surface area contributed by atoms with Crippen LogP contribution in [-0.2, 0) is 4.74 Å². The first-order chi connectivity index (χ1) is 13.7. The van der Waals surface area contributed by atoms with Gasteiger partial charge in [0, 0.05) is 30.1 Å². The lowest BCUT2D eigenvalue weighted by Gasteiger charge is -2.33. The predicted octanol–water partition coefficient (Wildman–Crippen LogP) is 3.95. The number of thiazole rings is 1. The van der Waals surface area contributed by atoms with E-state index in [9.17, 15) is 9.59 Å². The van der Waals surface area contributed by atoms with E-state index < -0.39 is 5.60 Å². The highest BCUT2D eigenvalue weighted by Gasteiger charge is 2.28. The molecule has 0 saturated carbocycles. The van der Waals surface area contributed by atoms with Crippen molar-refractivity contribution in [2.75, 3.05) is 20.2 Å². The topological polar surface area (TPSA) is 80.8 Å². The van der Waals surface area contributed by atoms with Gasteiger partial charge in [-0.15, -0.1) is 11.3 Å². The molecular weight excluding hydrogens is 390 g/mol. The van der Waals surface area contributed by atoms with Gasteiger partial charge in [0.25, 0.3) is 5.91 Å². The number of hydrogen-bond acceptors (Lipinski definition) is 6. The average molecular weight is 418 g/mol. The number of carbonyl (C=O) groups is 2. The Labute approximate surface area is 175 Å². The summed E-state index contributed by atoms with van der Waals surface area (Å²) in [7, 11) is 1.62. The van der Waals surface area contributed by atoms with E-state index in [1.807, 2.05) is 45.0 Å². The lowest BCUT2D eigenvalue weighted by molar-refractivity contribution is 0.0199. The Kier molecular flexibility index (Phi) is 6.42. The van der Waals surface area contributed by atoms with E-state index in [1.165, 1.54) is 11.3 Å². The van der Waals surface area contributed by atoms with Crippen molar-refractivity contribution in [1.29, 1.82) is 0 Å². The van der Waals surface area contributed by atoms with Crippen LogP contribution in [-0.4, -0.2) is 53.7 Å². The Hall–Kier alpha value is -2.61. The Morgan fingerprint density at radius 3 is 2.41 bits per heavy atom. The fourth-order valence-electron chi connectivity index (χ4n) is 3.04. The summed E-state index contributed by atoms with van der Waals surface area (Å²) in [5.74, 6) is 0.595. The molecule has 156 valence electrons. The SMILES string of the molecule is COc1ccc(-c2nc(C(=O)NC3CCN(C(=O)OC(C)(C)C)CC3)cs2)cc1. The summed E-state index contributed by atoms with van der Waals surface area (Å²) in [6.45, 7) is 6.69. The quantitative estimate of drug-likeness (QED) is 0.815. The zero-order valence-electron chi connectivity index (χ0n) is 17.2.